The number of aliphatic carboxylic acids is 1. The van der Waals surface area contributed by atoms with Gasteiger partial charge in [0.25, 0.3) is 0 Å². The van der Waals surface area contributed by atoms with Gasteiger partial charge in [-0.15, -0.1) is 0 Å². The van der Waals surface area contributed by atoms with Gasteiger partial charge in [0, 0.05) is 11.4 Å². The summed E-state index contributed by atoms with van der Waals surface area (Å²) in [5, 5.41) is 13.2. The molecule has 1 heterocycles. The van der Waals surface area contributed by atoms with Crippen LogP contribution in [0.3, 0.4) is 0 Å². The van der Waals surface area contributed by atoms with E-state index < -0.39 is 5.97 Å². The second kappa shape index (κ2) is 5.44. The lowest BCUT2D eigenvalue weighted by molar-refractivity contribution is -0.143. The molecule has 1 fully saturated rings. The fourth-order valence-electron chi connectivity index (χ4n) is 3.03. The SMILES string of the molecule is O=C(O)C1CCC2N=C(Cc3ccc(Cl)cc3)NC2C1. The molecule has 1 aliphatic carbocycles. The Balaban J connectivity index is 1.63. The van der Waals surface area contributed by atoms with Crippen LogP contribution in [-0.2, 0) is 11.2 Å². The lowest BCUT2D eigenvalue weighted by Gasteiger charge is -2.28. The third-order valence-corrected chi connectivity index (χ3v) is 4.37. The molecule has 0 spiro atoms. The number of hydrogen-bond donors (Lipinski definition) is 2. The van der Waals surface area contributed by atoms with Crippen molar-refractivity contribution in [1.82, 2.24) is 5.32 Å². The molecular formula is C15H17ClN2O2. The van der Waals surface area contributed by atoms with Crippen LogP contribution in [0.25, 0.3) is 0 Å². The predicted octanol–water partition coefficient (Wildman–Crippen LogP) is 2.51. The molecule has 4 nitrogen and oxygen atoms in total. The van der Waals surface area contributed by atoms with Crippen LogP contribution in [0.15, 0.2) is 29.3 Å². The van der Waals surface area contributed by atoms with Crippen molar-refractivity contribution >= 4 is 23.4 Å². The van der Waals surface area contributed by atoms with Crippen molar-refractivity contribution in [3.8, 4) is 0 Å². The van der Waals surface area contributed by atoms with Crippen molar-refractivity contribution in [2.45, 2.75) is 37.8 Å². The third-order valence-electron chi connectivity index (χ3n) is 4.12. The maximum atomic E-state index is 11.1. The molecule has 1 saturated carbocycles. The summed E-state index contributed by atoms with van der Waals surface area (Å²) in [6, 6.07) is 8.17. The summed E-state index contributed by atoms with van der Waals surface area (Å²) < 4.78 is 0. The molecule has 0 amide bonds. The number of hydrogen-bond acceptors (Lipinski definition) is 3. The normalized spacial score (nSPS) is 28.4. The van der Waals surface area contributed by atoms with Gasteiger partial charge in [0.2, 0.25) is 0 Å². The molecule has 0 radical (unpaired) electrons. The highest BCUT2D eigenvalue weighted by Crippen LogP contribution is 2.30. The van der Waals surface area contributed by atoms with Crippen molar-refractivity contribution in [3.63, 3.8) is 0 Å². The number of halogens is 1. The maximum absolute atomic E-state index is 11.1. The summed E-state index contributed by atoms with van der Waals surface area (Å²) in [7, 11) is 0. The van der Waals surface area contributed by atoms with Gasteiger partial charge in [-0.3, -0.25) is 9.79 Å². The van der Waals surface area contributed by atoms with E-state index in [1.54, 1.807) is 0 Å². The van der Waals surface area contributed by atoms with Crippen molar-refractivity contribution < 1.29 is 9.90 Å². The van der Waals surface area contributed by atoms with Crippen LogP contribution < -0.4 is 5.32 Å². The van der Waals surface area contributed by atoms with E-state index in [-0.39, 0.29) is 18.0 Å². The fraction of sp³-hybridized carbons (Fsp3) is 0.467. The van der Waals surface area contributed by atoms with Crippen molar-refractivity contribution in [2.24, 2.45) is 10.9 Å². The first-order chi connectivity index (χ1) is 9.61. The number of amidine groups is 1. The largest absolute Gasteiger partial charge is 0.481 e. The summed E-state index contributed by atoms with van der Waals surface area (Å²) in [5.41, 5.74) is 1.16. The number of aliphatic imine (C=N–C) groups is 1. The molecule has 0 aromatic heterocycles. The minimum atomic E-state index is -0.684. The Morgan fingerprint density at radius 2 is 2.10 bits per heavy atom. The second-order valence-corrected chi connectivity index (χ2v) is 5.98. The second-order valence-electron chi connectivity index (χ2n) is 5.55. The molecule has 2 N–H and O–H groups in total. The Labute approximate surface area is 122 Å². The highest BCUT2D eigenvalue weighted by Gasteiger charge is 2.37. The van der Waals surface area contributed by atoms with E-state index in [0.29, 0.717) is 6.42 Å². The van der Waals surface area contributed by atoms with Gasteiger partial charge >= 0.3 is 5.97 Å². The first kappa shape index (κ1) is 13.4. The van der Waals surface area contributed by atoms with E-state index in [4.69, 9.17) is 21.7 Å². The first-order valence-electron chi connectivity index (χ1n) is 6.92. The van der Waals surface area contributed by atoms with Crippen LogP contribution >= 0.6 is 11.6 Å². The monoisotopic (exact) mass is 292 g/mol. The summed E-state index contributed by atoms with van der Waals surface area (Å²) in [4.78, 5) is 15.8. The number of fused-ring (bicyclic) bond motifs is 1. The van der Waals surface area contributed by atoms with Gasteiger partial charge in [-0.25, -0.2) is 0 Å². The molecule has 1 aliphatic heterocycles. The van der Waals surface area contributed by atoms with Crippen LogP contribution in [0, 0.1) is 5.92 Å². The summed E-state index contributed by atoms with van der Waals surface area (Å²) in [6.07, 6.45) is 3.02. The first-order valence-corrected chi connectivity index (χ1v) is 7.30. The zero-order valence-corrected chi connectivity index (χ0v) is 11.8. The molecule has 3 unspecified atom stereocenters. The highest BCUT2D eigenvalue weighted by atomic mass is 35.5. The van der Waals surface area contributed by atoms with E-state index in [1.165, 1.54) is 0 Å². The lowest BCUT2D eigenvalue weighted by atomic mass is 9.83. The standard InChI is InChI=1S/C15H17ClN2O2/c16-11-4-1-9(2-5-11)7-14-17-12-6-3-10(15(19)20)8-13(12)18-14/h1-2,4-5,10,12-13H,3,6-8H2,(H,17,18)(H,19,20). The molecule has 0 saturated heterocycles. The zero-order chi connectivity index (χ0) is 14.1. The molecule has 5 heteroatoms. The molecule has 3 rings (SSSR count). The van der Waals surface area contributed by atoms with Gasteiger partial charge in [0.15, 0.2) is 0 Å². The predicted molar refractivity (Wildman–Crippen MR) is 78.3 cm³/mol. The number of carbonyl (C=O) groups is 1. The van der Waals surface area contributed by atoms with E-state index in [2.05, 4.69) is 5.32 Å². The van der Waals surface area contributed by atoms with Gasteiger partial charge in [-0.1, -0.05) is 23.7 Å². The minimum absolute atomic E-state index is 0.187. The maximum Gasteiger partial charge on any atom is 0.306 e. The smallest absolute Gasteiger partial charge is 0.306 e. The van der Waals surface area contributed by atoms with Crippen LogP contribution in [0.5, 0.6) is 0 Å². The molecule has 20 heavy (non-hydrogen) atoms. The minimum Gasteiger partial charge on any atom is -0.481 e. The van der Waals surface area contributed by atoms with Crippen LogP contribution in [0.2, 0.25) is 5.02 Å². The van der Waals surface area contributed by atoms with Crippen LogP contribution in [-0.4, -0.2) is 29.0 Å². The quantitative estimate of drug-likeness (QED) is 0.900. The van der Waals surface area contributed by atoms with Gasteiger partial charge in [-0.2, -0.15) is 0 Å². The highest BCUT2D eigenvalue weighted by molar-refractivity contribution is 6.30. The van der Waals surface area contributed by atoms with Crippen molar-refractivity contribution in [1.29, 1.82) is 0 Å². The Hall–Kier alpha value is -1.55. The molecule has 106 valence electrons. The number of rotatable bonds is 3. The van der Waals surface area contributed by atoms with Crippen LogP contribution in [0.4, 0.5) is 0 Å². The molecule has 0 bridgehead atoms. The van der Waals surface area contributed by atoms with E-state index in [9.17, 15) is 4.79 Å². The third kappa shape index (κ3) is 2.80. The number of nitrogens with one attached hydrogen (secondary N) is 1. The molecule has 1 aromatic rings. The fourth-order valence-corrected chi connectivity index (χ4v) is 3.16. The van der Waals surface area contributed by atoms with E-state index in [0.717, 1.165) is 35.7 Å². The summed E-state index contributed by atoms with van der Waals surface area (Å²) in [5.74, 6) is 0.0543. The molecule has 2 aliphatic rings. The Morgan fingerprint density at radius 3 is 2.80 bits per heavy atom. The van der Waals surface area contributed by atoms with Gasteiger partial charge in [0.1, 0.15) is 5.84 Å². The number of nitrogens with zero attached hydrogens (tertiary/aromatic N) is 1. The van der Waals surface area contributed by atoms with Crippen LogP contribution in [0.1, 0.15) is 24.8 Å². The molecule has 3 atom stereocenters. The summed E-state index contributed by atoms with van der Waals surface area (Å²) in [6.45, 7) is 0. The number of carboxylic acid groups (broad SMARTS) is 1. The molecular weight excluding hydrogens is 276 g/mol. The average molecular weight is 293 g/mol. The van der Waals surface area contributed by atoms with Gasteiger partial charge in [0.05, 0.1) is 18.0 Å². The van der Waals surface area contributed by atoms with E-state index >= 15 is 0 Å². The average Bonchev–Trinajstić information content (AvgIpc) is 2.82. The Morgan fingerprint density at radius 1 is 1.35 bits per heavy atom. The number of carboxylic acids is 1. The Bertz CT molecular complexity index is 541. The zero-order valence-electron chi connectivity index (χ0n) is 11.1. The topological polar surface area (TPSA) is 61.7 Å². The summed E-state index contributed by atoms with van der Waals surface area (Å²) >= 11 is 5.87. The Kier molecular flexibility index (Phi) is 3.66. The lowest BCUT2D eigenvalue weighted by Crippen LogP contribution is -2.41. The molecule has 1 aromatic carbocycles. The van der Waals surface area contributed by atoms with Crippen molar-refractivity contribution in [3.05, 3.63) is 34.9 Å². The number of benzene rings is 1. The van der Waals surface area contributed by atoms with Crippen molar-refractivity contribution in [2.75, 3.05) is 0 Å². The van der Waals surface area contributed by atoms with Gasteiger partial charge in [-0.05, 0) is 37.0 Å². The van der Waals surface area contributed by atoms with Gasteiger partial charge < -0.3 is 10.4 Å². The van der Waals surface area contributed by atoms with E-state index in [1.807, 2.05) is 24.3 Å².